The quantitative estimate of drug-likeness (QED) is 0.0629. The second kappa shape index (κ2) is 13.6. The third kappa shape index (κ3) is 6.12. The van der Waals surface area contributed by atoms with Crippen molar-refractivity contribution in [1.29, 1.82) is 0 Å². The molecule has 4 aromatic rings. The highest BCUT2D eigenvalue weighted by Gasteiger charge is 2.49. The van der Waals surface area contributed by atoms with Gasteiger partial charge in [-0.1, -0.05) is 50.0 Å². The first-order chi connectivity index (χ1) is 22.1. The maximum absolute atomic E-state index is 13.9. The number of aromatic nitrogens is 3. The van der Waals surface area contributed by atoms with Gasteiger partial charge in [-0.3, -0.25) is 18.9 Å². The van der Waals surface area contributed by atoms with Crippen molar-refractivity contribution >= 4 is 45.5 Å². The molecule has 3 aromatic heterocycles. The molecule has 4 heterocycles. The van der Waals surface area contributed by atoms with E-state index in [-0.39, 0.29) is 27.9 Å². The highest BCUT2D eigenvalue weighted by Crippen LogP contribution is 2.46. The minimum Gasteiger partial charge on any atom is -0.505 e. The summed E-state index contributed by atoms with van der Waals surface area (Å²) in [5.74, 6) is -1.46. The zero-order valence-electron chi connectivity index (χ0n) is 26.4. The molecule has 240 valence electrons. The zero-order chi connectivity index (χ0) is 33.1. The van der Waals surface area contributed by atoms with Gasteiger partial charge in [0.05, 0.1) is 36.2 Å². The monoisotopic (exact) mass is 644 g/mol. The lowest BCUT2D eigenvalue weighted by Crippen LogP contribution is -2.29. The van der Waals surface area contributed by atoms with Crippen LogP contribution in [-0.4, -0.2) is 57.0 Å². The number of Topliss-reactive ketones (excluding diaryl/α,β-unsaturated/α-hetero) is 1. The van der Waals surface area contributed by atoms with Crippen LogP contribution in [0.1, 0.15) is 65.6 Å². The van der Waals surface area contributed by atoms with Gasteiger partial charge in [-0.15, -0.1) is 0 Å². The number of ether oxygens (including phenoxy) is 3. The summed E-state index contributed by atoms with van der Waals surface area (Å²) in [6.45, 7) is 13.8. The number of carbonyl (C=O) groups excluding carboxylic acids is 3. The average Bonchev–Trinajstić information content (AvgIpc) is 3.66. The Morgan fingerprint density at radius 1 is 1.11 bits per heavy atom. The number of carbonyl (C=O) groups is 3. The molecular weight excluding hydrogens is 608 g/mol. The minimum absolute atomic E-state index is 0.000467. The second-order valence-corrected chi connectivity index (χ2v) is 12.1. The number of fused-ring (bicyclic) bond motifs is 1. The van der Waals surface area contributed by atoms with Crippen LogP contribution in [0.2, 0.25) is 0 Å². The van der Waals surface area contributed by atoms with Crippen LogP contribution in [-0.2, 0) is 14.3 Å². The van der Waals surface area contributed by atoms with Crippen molar-refractivity contribution < 1.29 is 33.7 Å². The van der Waals surface area contributed by atoms with Crippen molar-refractivity contribution in [2.75, 3.05) is 24.7 Å². The summed E-state index contributed by atoms with van der Waals surface area (Å²) < 4.78 is 18.8. The third-order valence-corrected chi connectivity index (χ3v) is 8.55. The van der Waals surface area contributed by atoms with Crippen molar-refractivity contribution in [3.05, 3.63) is 88.3 Å². The van der Waals surface area contributed by atoms with Gasteiger partial charge in [-0.2, -0.15) is 0 Å². The van der Waals surface area contributed by atoms with E-state index in [1.165, 1.54) is 11.0 Å². The molecule has 0 radical (unpaired) electrons. The smallest absolute Gasteiger partial charge is 0.350 e. The molecule has 1 aliphatic rings. The molecule has 11 nitrogen and oxygen atoms in total. The maximum Gasteiger partial charge on any atom is 0.350 e. The number of nitrogens with zero attached hydrogens (tertiary/aromatic N) is 4. The summed E-state index contributed by atoms with van der Waals surface area (Å²) in [6.07, 6.45) is 4.01. The lowest BCUT2D eigenvalue weighted by molar-refractivity contribution is -0.132. The highest BCUT2D eigenvalue weighted by molar-refractivity contribution is 7.17. The topological polar surface area (TPSA) is 133 Å². The Labute approximate surface area is 270 Å². The standard InChI is InChI=1S/C34H36N4O7S/c1-7-16-45-33(42)31-21(6)36-34(46-31)38-28(22-12-13-23(24(18-22)43-8-2)44-17-14-19(3)4)26(30(40)32(38)41)29(39)27-20(5)35-25-11-9-10-15-37(25)27/h7,9-13,15,18-19,28,39H,1,8,14,16-17H2,2-6H3/b29-26+. The van der Waals surface area contributed by atoms with Crippen LogP contribution in [0.25, 0.3) is 11.4 Å². The number of imidazole rings is 1. The molecular formula is C34H36N4O7S. The molecule has 46 heavy (non-hydrogen) atoms. The second-order valence-electron chi connectivity index (χ2n) is 11.1. The van der Waals surface area contributed by atoms with E-state index in [0.717, 1.165) is 17.8 Å². The summed E-state index contributed by atoms with van der Waals surface area (Å²) in [7, 11) is 0. The Morgan fingerprint density at radius 3 is 2.61 bits per heavy atom. The van der Waals surface area contributed by atoms with Crippen LogP contribution in [0.5, 0.6) is 11.5 Å². The van der Waals surface area contributed by atoms with Gasteiger partial charge in [0.1, 0.15) is 22.8 Å². The van der Waals surface area contributed by atoms with E-state index in [1.54, 1.807) is 54.8 Å². The van der Waals surface area contributed by atoms with E-state index in [4.69, 9.17) is 14.2 Å². The number of aliphatic hydroxyl groups excluding tert-OH is 1. The Kier molecular flexibility index (Phi) is 9.57. The third-order valence-electron chi connectivity index (χ3n) is 7.42. The van der Waals surface area contributed by atoms with E-state index in [2.05, 4.69) is 30.4 Å². The van der Waals surface area contributed by atoms with E-state index in [1.807, 2.05) is 13.0 Å². The average molecular weight is 645 g/mol. The summed E-state index contributed by atoms with van der Waals surface area (Å²) in [4.78, 5) is 50.9. The number of amides is 1. The summed E-state index contributed by atoms with van der Waals surface area (Å²) in [5.41, 5.74) is 1.95. The van der Waals surface area contributed by atoms with Gasteiger partial charge in [0.15, 0.2) is 22.4 Å². The molecule has 1 amide bonds. The van der Waals surface area contributed by atoms with Crippen LogP contribution in [0.15, 0.2) is 60.8 Å². The van der Waals surface area contributed by atoms with Crippen molar-refractivity contribution in [3.8, 4) is 11.5 Å². The number of aryl methyl sites for hydroxylation is 2. The number of ketones is 1. The van der Waals surface area contributed by atoms with Crippen LogP contribution in [0.3, 0.4) is 0 Å². The van der Waals surface area contributed by atoms with Gasteiger partial charge in [-0.25, -0.2) is 14.8 Å². The number of aliphatic hydroxyl groups is 1. The number of benzene rings is 1. The first-order valence-electron chi connectivity index (χ1n) is 15.0. The predicted molar refractivity (Wildman–Crippen MR) is 175 cm³/mol. The molecule has 0 aliphatic carbocycles. The molecule has 1 unspecified atom stereocenters. The molecule has 0 spiro atoms. The number of pyridine rings is 1. The van der Waals surface area contributed by atoms with Gasteiger partial charge in [0.2, 0.25) is 0 Å². The number of hydrogen-bond donors (Lipinski definition) is 1. The van der Waals surface area contributed by atoms with Crippen molar-refractivity contribution in [2.24, 2.45) is 5.92 Å². The van der Waals surface area contributed by atoms with Gasteiger partial charge in [-0.05, 0) is 62.9 Å². The normalized spacial score (nSPS) is 16.0. The van der Waals surface area contributed by atoms with Crippen LogP contribution < -0.4 is 14.4 Å². The summed E-state index contributed by atoms with van der Waals surface area (Å²) in [5, 5.41) is 12.0. The molecule has 1 aromatic carbocycles. The molecule has 12 heteroatoms. The SMILES string of the molecule is C=CCOC(=O)c1sc(N2C(=O)C(=O)/C(=C(/O)c3c(C)nc4ccccn34)C2c2ccc(OCCC(C)C)c(OCC)c2)nc1C. The molecule has 0 saturated carbocycles. The molecule has 1 saturated heterocycles. The van der Waals surface area contributed by atoms with E-state index in [0.29, 0.717) is 53.2 Å². The molecule has 1 aliphatic heterocycles. The fourth-order valence-electron chi connectivity index (χ4n) is 5.23. The molecule has 0 bridgehead atoms. The number of esters is 1. The minimum atomic E-state index is -1.12. The van der Waals surface area contributed by atoms with E-state index < -0.39 is 29.5 Å². The van der Waals surface area contributed by atoms with Crippen molar-refractivity contribution in [1.82, 2.24) is 14.4 Å². The van der Waals surface area contributed by atoms with Crippen molar-refractivity contribution in [2.45, 2.75) is 47.1 Å². The first kappa shape index (κ1) is 32.4. The Balaban J connectivity index is 1.70. The number of rotatable bonds is 12. The number of anilines is 1. The predicted octanol–water partition coefficient (Wildman–Crippen LogP) is 6.20. The van der Waals surface area contributed by atoms with E-state index in [9.17, 15) is 19.5 Å². The Bertz CT molecular complexity index is 1850. The van der Waals surface area contributed by atoms with Crippen LogP contribution >= 0.6 is 11.3 Å². The van der Waals surface area contributed by atoms with Gasteiger partial charge in [0, 0.05) is 6.20 Å². The van der Waals surface area contributed by atoms with Crippen LogP contribution in [0, 0.1) is 19.8 Å². The van der Waals surface area contributed by atoms with E-state index >= 15 is 0 Å². The van der Waals surface area contributed by atoms with Gasteiger partial charge in [0.25, 0.3) is 5.78 Å². The molecule has 1 atom stereocenters. The Hall–Kier alpha value is -4.97. The van der Waals surface area contributed by atoms with Gasteiger partial charge < -0.3 is 19.3 Å². The summed E-state index contributed by atoms with van der Waals surface area (Å²) in [6, 6.07) is 9.39. The molecule has 5 rings (SSSR count). The summed E-state index contributed by atoms with van der Waals surface area (Å²) >= 11 is 0.923. The fourth-order valence-corrected chi connectivity index (χ4v) is 6.22. The largest absolute Gasteiger partial charge is 0.505 e. The fraction of sp³-hybridized carbons (Fsp3) is 0.324. The number of hydrogen-bond acceptors (Lipinski definition) is 10. The van der Waals surface area contributed by atoms with Crippen molar-refractivity contribution in [3.63, 3.8) is 0 Å². The highest BCUT2D eigenvalue weighted by atomic mass is 32.1. The lowest BCUT2D eigenvalue weighted by Gasteiger charge is -2.24. The molecule has 1 fully saturated rings. The van der Waals surface area contributed by atoms with Crippen LogP contribution in [0.4, 0.5) is 5.13 Å². The first-order valence-corrected chi connectivity index (χ1v) is 15.8. The number of thiazole rings is 1. The van der Waals surface area contributed by atoms with Gasteiger partial charge >= 0.3 is 11.9 Å². The zero-order valence-corrected chi connectivity index (χ0v) is 27.2. The molecule has 1 N–H and O–H groups in total. The Morgan fingerprint density at radius 2 is 1.89 bits per heavy atom. The maximum atomic E-state index is 13.9. The lowest BCUT2D eigenvalue weighted by atomic mass is 9.96.